The van der Waals surface area contributed by atoms with Crippen molar-refractivity contribution in [3.8, 4) is 0 Å². The van der Waals surface area contributed by atoms with Crippen molar-refractivity contribution in [3.05, 3.63) is 94.1 Å². The zero-order valence-electron chi connectivity index (χ0n) is 20.1. The van der Waals surface area contributed by atoms with Crippen LogP contribution >= 0.6 is 11.6 Å². The zero-order chi connectivity index (χ0) is 25.4. The van der Waals surface area contributed by atoms with Gasteiger partial charge in [-0.3, -0.25) is 14.9 Å². The number of nitrogens with two attached hydrogens (primary N) is 2. The summed E-state index contributed by atoms with van der Waals surface area (Å²) in [5, 5.41) is 6.89. The number of carbonyl (C=O) groups is 2. The molecule has 184 valence electrons. The van der Waals surface area contributed by atoms with Gasteiger partial charge in [0.05, 0.1) is 5.92 Å². The van der Waals surface area contributed by atoms with Crippen molar-refractivity contribution in [3.63, 3.8) is 0 Å². The summed E-state index contributed by atoms with van der Waals surface area (Å²) in [4.78, 5) is 30.5. The number of nitrogen functional groups attached to an aromatic ring is 1. The first kappa shape index (κ1) is 26.2. The van der Waals surface area contributed by atoms with Gasteiger partial charge in [-0.25, -0.2) is 4.98 Å². The number of amides is 2. The summed E-state index contributed by atoms with van der Waals surface area (Å²) >= 11 is 6.01. The minimum atomic E-state index is -1.27. The fourth-order valence-electron chi connectivity index (χ4n) is 4.09. The maximum absolute atomic E-state index is 13.3. The van der Waals surface area contributed by atoms with Crippen LogP contribution in [-0.2, 0) is 29.1 Å². The molecule has 6 N–H and O–H groups in total. The number of hydrogen-bond acceptors (Lipinski definition) is 5. The van der Waals surface area contributed by atoms with Crippen LogP contribution in [0.1, 0.15) is 35.7 Å². The second-order valence-corrected chi connectivity index (χ2v) is 9.16. The number of anilines is 1. The van der Waals surface area contributed by atoms with Gasteiger partial charge in [0.15, 0.2) is 0 Å². The third-order valence-electron chi connectivity index (χ3n) is 6.41. The molecule has 3 rings (SSSR count). The van der Waals surface area contributed by atoms with Gasteiger partial charge in [0.1, 0.15) is 11.4 Å². The van der Waals surface area contributed by atoms with E-state index < -0.39 is 17.4 Å². The predicted octanol–water partition coefficient (Wildman–Crippen LogP) is 3.52. The topological polar surface area (TPSA) is 123 Å². The molecule has 0 fully saturated rings. The van der Waals surface area contributed by atoms with Gasteiger partial charge in [-0.05, 0) is 54.7 Å². The first-order valence-electron chi connectivity index (χ1n) is 11.5. The van der Waals surface area contributed by atoms with E-state index in [4.69, 9.17) is 23.1 Å². The van der Waals surface area contributed by atoms with Gasteiger partial charge < -0.3 is 16.8 Å². The number of nitrogens with zero attached hydrogens (tertiary/aromatic N) is 1. The number of carbonyl (C=O) groups excluding carboxylic acids is 2. The molecule has 1 aromatic heterocycles. The minimum absolute atomic E-state index is 0.271. The molecule has 35 heavy (non-hydrogen) atoms. The van der Waals surface area contributed by atoms with Crippen LogP contribution in [0.5, 0.6) is 0 Å². The normalized spacial score (nSPS) is 13.6. The average Bonchev–Trinajstić information content (AvgIpc) is 2.84. The first-order valence-corrected chi connectivity index (χ1v) is 11.9. The van der Waals surface area contributed by atoms with Crippen LogP contribution in [0.15, 0.2) is 66.7 Å². The largest absolute Gasteiger partial charge is 0.384 e. The van der Waals surface area contributed by atoms with Crippen molar-refractivity contribution in [2.75, 3.05) is 5.73 Å². The van der Waals surface area contributed by atoms with Gasteiger partial charge in [0, 0.05) is 23.8 Å². The fourth-order valence-corrected chi connectivity index (χ4v) is 4.21. The Morgan fingerprint density at radius 3 is 2.31 bits per heavy atom. The molecule has 0 spiro atoms. The fraction of sp³-hybridized carbons (Fsp3) is 0.296. The van der Waals surface area contributed by atoms with Crippen molar-refractivity contribution in [2.45, 2.75) is 45.3 Å². The van der Waals surface area contributed by atoms with Crippen LogP contribution in [0.4, 0.5) is 5.82 Å². The van der Waals surface area contributed by atoms with E-state index in [2.05, 4.69) is 15.6 Å². The molecule has 0 bridgehead atoms. The number of aryl methyl sites for hydroxylation is 2. The zero-order valence-corrected chi connectivity index (χ0v) is 20.8. The molecular weight excluding hydrogens is 462 g/mol. The molecule has 1 heterocycles. The van der Waals surface area contributed by atoms with E-state index in [-0.39, 0.29) is 12.5 Å². The third-order valence-corrected chi connectivity index (χ3v) is 6.67. The average molecular weight is 494 g/mol. The summed E-state index contributed by atoms with van der Waals surface area (Å²) in [6.45, 7) is 4.19. The van der Waals surface area contributed by atoms with Gasteiger partial charge in [0.2, 0.25) is 11.8 Å². The van der Waals surface area contributed by atoms with Crippen LogP contribution in [0.3, 0.4) is 0 Å². The van der Waals surface area contributed by atoms with E-state index in [1.165, 1.54) is 0 Å². The van der Waals surface area contributed by atoms with E-state index in [9.17, 15) is 9.59 Å². The number of nitrogens with one attached hydrogen (secondary N) is 2. The molecule has 0 aliphatic carbocycles. The van der Waals surface area contributed by atoms with Crippen LogP contribution < -0.4 is 22.1 Å². The highest BCUT2D eigenvalue weighted by atomic mass is 35.5. The Hall–Kier alpha value is -3.42. The second-order valence-electron chi connectivity index (χ2n) is 8.72. The molecule has 2 amide bonds. The lowest BCUT2D eigenvalue weighted by Crippen LogP contribution is -2.62. The van der Waals surface area contributed by atoms with Gasteiger partial charge in [-0.15, -0.1) is 0 Å². The molecule has 8 heteroatoms. The van der Waals surface area contributed by atoms with Gasteiger partial charge in [-0.2, -0.15) is 0 Å². The minimum Gasteiger partial charge on any atom is -0.384 e. The lowest BCUT2D eigenvalue weighted by molar-refractivity contribution is -0.136. The molecule has 0 saturated heterocycles. The van der Waals surface area contributed by atoms with E-state index in [1.54, 1.807) is 25.1 Å². The molecule has 0 radical (unpaired) electrons. The smallest absolute Gasteiger partial charge is 0.238 e. The molecule has 2 aromatic carbocycles. The van der Waals surface area contributed by atoms with E-state index in [1.807, 2.05) is 55.5 Å². The summed E-state index contributed by atoms with van der Waals surface area (Å²) in [5.74, 6) is -1.17. The Morgan fingerprint density at radius 1 is 1.00 bits per heavy atom. The molecular formula is C27H32ClN5O2. The first-order chi connectivity index (χ1) is 16.7. The molecule has 0 saturated carbocycles. The van der Waals surface area contributed by atoms with E-state index in [0.29, 0.717) is 30.2 Å². The summed E-state index contributed by atoms with van der Waals surface area (Å²) < 4.78 is 0. The highest BCUT2D eigenvalue weighted by Gasteiger charge is 2.44. The van der Waals surface area contributed by atoms with Crippen molar-refractivity contribution in [2.24, 2.45) is 11.7 Å². The summed E-state index contributed by atoms with van der Waals surface area (Å²) in [7, 11) is 0. The molecule has 7 nitrogen and oxygen atoms in total. The van der Waals surface area contributed by atoms with Crippen LogP contribution in [0.25, 0.3) is 0 Å². The summed E-state index contributed by atoms with van der Waals surface area (Å²) in [6.07, 6.45) is 0.937. The maximum Gasteiger partial charge on any atom is 0.238 e. The number of halogens is 1. The second kappa shape index (κ2) is 11.8. The Kier molecular flexibility index (Phi) is 8.84. The van der Waals surface area contributed by atoms with E-state index >= 15 is 0 Å². The summed E-state index contributed by atoms with van der Waals surface area (Å²) in [5.41, 5.74) is 14.0. The van der Waals surface area contributed by atoms with Gasteiger partial charge in [0.25, 0.3) is 0 Å². The molecule has 0 aliphatic heterocycles. The number of pyridine rings is 1. The predicted molar refractivity (Wildman–Crippen MR) is 139 cm³/mol. The van der Waals surface area contributed by atoms with Crippen molar-refractivity contribution in [1.82, 2.24) is 15.6 Å². The molecule has 2 atom stereocenters. The Labute approximate surface area is 211 Å². The number of hydrogen-bond donors (Lipinski definition) is 4. The van der Waals surface area contributed by atoms with Crippen LogP contribution in [0.2, 0.25) is 5.02 Å². The number of rotatable bonds is 11. The van der Waals surface area contributed by atoms with Crippen LogP contribution in [0, 0.1) is 12.8 Å². The quantitative estimate of drug-likeness (QED) is 0.325. The number of benzene rings is 2. The Bertz CT molecular complexity index is 1150. The Morgan fingerprint density at radius 2 is 1.69 bits per heavy atom. The SMILES string of the molecule is Cc1nc(N)ccc1CNC(=O)[C@@H](C)C(CCc1ccccc1)(NCc1ccc(Cl)cc1)C(N)=O. The van der Waals surface area contributed by atoms with Crippen molar-refractivity contribution < 1.29 is 9.59 Å². The lowest BCUT2D eigenvalue weighted by Gasteiger charge is -2.37. The number of aromatic nitrogens is 1. The monoisotopic (exact) mass is 493 g/mol. The highest BCUT2D eigenvalue weighted by molar-refractivity contribution is 6.30. The molecule has 1 unspecified atom stereocenters. The van der Waals surface area contributed by atoms with Gasteiger partial charge in [-0.1, -0.05) is 67.1 Å². The van der Waals surface area contributed by atoms with E-state index in [0.717, 1.165) is 22.4 Å². The lowest BCUT2D eigenvalue weighted by atomic mass is 9.78. The third kappa shape index (κ3) is 6.81. The highest BCUT2D eigenvalue weighted by Crippen LogP contribution is 2.26. The van der Waals surface area contributed by atoms with Crippen LogP contribution in [-0.4, -0.2) is 22.3 Å². The molecule has 0 aliphatic rings. The molecule has 3 aromatic rings. The standard InChI is InChI=1S/C27H32ClN5O2/c1-18(25(34)31-17-22-10-13-24(29)33-19(22)2)27(26(30)35,15-14-20-6-4-3-5-7-20)32-16-21-8-11-23(28)12-9-21/h3-13,18,32H,14-17H2,1-2H3,(H2,29,33)(H2,30,35)(H,31,34)/t18-,27?/m1/s1. The maximum atomic E-state index is 13.3. The number of primary amides is 1. The van der Waals surface area contributed by atoms with Crippen molar-refractivity contribution in [1.29, 1.82) is 0 Å². The van der Waals surface area contributed by atoms with Gasteiger partial charge >= 0.3 is 0 Å². The summed E-state index contributed by atoms with van der Waals surface area (Å²) in [6, 6.07) is 20.7. The Balaban J connectivity index is 1.82. The van der Waals surface area contributed by atoms with Crippen molar-refractivity contribution >= 4 is 29.2 Å².